The van der Waals surface area contributed by atoms with Gasteiger partial charge in [0.1, 0.15) is 5.82 Å². The largest absolute Gasteiger partial charge is 0.452 e. The number of nitrogens with zero attached hydrogens (tertiary/aromatic N) is 1. The van der Waals surface area contributed by atoms with Gasteiger partial charge in [0, 0.05) is 11.9 Å². The Morgan fingerprint density at radius 1 is 1.20 bits per heavy atom. The van der Waals surface area contributed by atoms with Gasteiger partial charge >= 0.3 is 5.97 Å². The normalized spacial score (nSPS) is 9.80. The lowest BCUT2D eigenvalue weighted by molar-refractivity contribution is -0.119. The highest BCUT2D eigenvalue weighted by Gasteiger charge is 2.10. The molecule has 6 nitrogen and oxygen atoms in total. The minimum Gasteiger partial charge on any atom is -0.452 e. The summed E-state index contributed by atoms with van der Waals surface area (Å²) in [4.78, 5) is 27.2. The topological polar surface area (TPSA) is 94.3 Å². The minimum absolute atomic E-state index is 0.302. The Labute approximate surface area is 115 Å². The number of nitrogens with two attached hydrogens (primary N) is 1. The summed E-state index contributed by atoms with van der Waals surface area (Å²) in [6, 6.07) is 11.5. The summed E-state index contributed by atoms with van der Waals surface area (Å²) in [6.07, 6.45) is 1.55. The van der Waals surface area contributed by atoms with Gasteiger partial charge in [0.05, 0.1) is 5.56 Å². The fourth-order valence-corrected chi connectivity index (χ4v) is 1.50. The Hall–Kier alpha value is -2.89. The van der Waals surface area contributed by atoms with Crippen LogP contribution in [-0.2, 0) is 9.53 Å². The standard InChI is InChI=1S/C14H13N3O3/c15-11-5-3-4-10(8-11)14(19)20-9-13(18)17-12-6-1-2-7-16-12/h1-8H,9,15H2,(H,16,17,18). The molecule has 0 aliphatic heterocycles. The zero-order valence-electron chi connectivity index (χ0n) is 10.6. The van der Waals surface area contributed by atoms with Crippen molar-refractivity contribution in [2.45, 2.75) is 0 Å². The molecule has 0 spiro atoms. The number of carbonyl (C=O) groups excluding carboxylic acids is 2. The first-order valence-corrected chi connectivity index (χ1v) is 5.89. The Morgan fingerprint density at radius 2 is 2.05 bits per heavy atom. The molecule has 0 atom stereocenters. The number of hydrogen-bond donors (Lipinski definition) is 2. The van der Waals surface area contributed by atoms with Gasteiger partial charge in [-0.15, -0.1) is 0 Å². The smallest absolute Gasteiger partial charge is 0.338 e. The number of nitrogens with one attached hydrogen (secondary N) is 1. The first-order chi connectivity index (χ1) is 9.65. The number of hydrogen-bond acceptors (Lipinski definition) is 5. The number of carbonyl (C=O) groups is 2. The average molecular weight is 271 g/mol. The molecule has 0 unspecified atom stereocenters. The van der Waals surface area contributed by atoms with Gasteiger partial charge in [-0.25, -0.2) is 9.78 Å². The van der Waals surface area contributed by atoms with E-state index in [-0.39, 0.29) is 6.61 Å². The maximum atomic E-state index is 11.7. The highest BCUT2D eigenvalue weighted by molar-refractivity contribution is 5.95. The van der Waals surface area contributed by atoms with Gasteiger partial charge in [0.2, 0.25) is 0 Å². The highest BCUT2D eigenvalue weighted by atomic mass is 16.5. The number of anilines is 2. The van der Waals surface area contributed by atoms with Crippen LogP contribution in [0.5, 0.6) is 0 Å². The SMILES string of the molecule is Nc1cccc(C(=O)OCC(=O)Nc2ccccn2)c1. The summed E-state index contributed by atoms with van der Waals surface area (Å²) in [7, 11) is 0. The fourth-order valence-electron chi connectivity index (χ4n) is 1.50. The van der Waals surface area contributed by atoms with Crippen LogP contribution in [0.1, 0.15) is 10.4 Å². The van der Waals surface area contributed by atoms with Gasteiger partial charge in [-0.05, 0) is 30.3 Å². The summed E-state index contributed by atoms with van der Waals surface area (Å²) in [6.45, 7) is -0.385. The van der Waals surface area contributed by atoms with E-state index in [1.54, 1.807) is 42.6 Å². The molecule has 102 valence electrons. The number of pyridine rings is 1. The molecule has 1 aromatic heterocycles. The van der Waals surface area contributed by atoms with Crippen LogP contribution in [0.15, 0.2) is 48.7 Å². The molecule has 6 heteroatoms. The first kappa shape index (κ1) is 13.5. The maximum absolute atomic E-state index is 11.7. The second-order valence-electron chi connectivity index (χ2n) is 3.96. The third-order valence-corrected chi connectivity index (χ3v) is 2.39. The number of amides is 1. The lowest BCUT2D eigenvalue weighted by atomic mass is 10.2. The van der Waals surface area contributed by atoms with Crippen molar-refractivity contribution in [2.24, 2.45) is 0 Å². The van der Waals surface area contributed by atoms with Gasteiger partial charge in [-0.2, -0.15) is 0 Å². The van der Waals surface area contributed by atoms with Crippen molar-refractivity contribution in [1.82, 2.24) is 4.98 Å². The molecule has 0 saturated heterocycles. The van der Waals surface area contributed by atoms with Crippen LogP contribution in [0.3, 0.4) is 0 Å². The van der Waals surface area contributed by atoms with E-state index in [4.69, 9.17) is 10.5 Å². The molecule has 0 saturated carbocycles. The molecular weight excluding hydrogens is 258 g/mol. The molecule has 0 bridgehead atoms. The maximum Gasteiger partial charge on any atom is 0.338 e. The van der Waals surface area contributed by atoms with Crippen molar-refractivity contribution in [3.63, 3.8) is 0 Å². The van der Waals surface area contributed by atoms with Crippen LogP contribution in [-0.4, -0.2) is 23.5 Å². The van der Waals surface area contributed by atoms with E-state index in [9.17, 15) is 9.59 Å². The third kappa shape index (κ3) is 3.81. The molecule has 0 aliphatic carbocycles. The number of ether oxygens (including phenoxy) is 1. The zero-order chi connectivity index (χ0) is 14.4. The van der Waals surface area contributed by atoms with E-state index in [0.717, 1.165) is 0 Å². The monoisotopic (exact) mass is 271 g/mol. The van der Waals surface area contributed by atoms with E-state index in [1.165, 1.54) is 6.07 Å². The highest BCUT2D eigenvalue weighted by Crippen LogP contribution is 2.08. The minimum atomic E-state index is -0.603. The Bertz CT molecular complexity index is 614. The van der Waals surface area contributed by atoms with Crippen molar-refractivity contribution in [2.75, 3.05) is 17.7 Å². The summed E-state index contributed by atoms with van der Waals surface area (Å²) in [5.41, 5.74) is 6.32. The molecule has 1 heterocycles. The summed E-state index contributed by atoms with van der Waals surface area (Å²) in [5, 5.41) is 2.51. The molecular formula is C14H13N3O3. The van der Waals surface area contributed by atoms with Crippen LogP contribution < -0.4 is 11.1 Å². The van der Waals surface area contributed by atoms with Gasteiger partial charge < -0.3 is 15.8 Å². The van der Waals surface area contributed by atoms with Gasteiger partial charge in [-0.1, -0.05) is 12.1 Å². The predicted molar refractivity (Wildman–Crippen MR) is 74.0 cm³/mol. The molecule has 1 amide bonds. The lowest BCUT2D eigenvalue weighted by Crippen LogP contribution is -2.21. The third-order valence-electron chi connectivity index (χ3n) is 2.39. The molecule has 20 heavy (non-hydrogen) atoms. The van der Waals surface area contributed by atoms with E-state index < -0.39 is 11.9 Å². The van der Waals surface area contributed by atoms with E-state index >= 15 is 0 Å². The van der Waals surface area contributed by atoms with Crippen LogP contribution >= 0.6 is 0 Å². The number of nitrogen functional groups attached to an aromatic ring is 1. The fraction of sp³-hybridized carbons (Fsp3) is 0.0714. The number of esters is 1. The number of benzene rings is 1. The van der Waals surface area contributed by atoms with Crippen molar-refractivity contribution in [3.05, 3.63) is 54.2 Å². The van der Waals surface area contributed by atoms with Crippen LogP contribution in [0.4, 0.5) is 11.5 Å². The van der Waals surface area contributed by atoms with Crippen LogP contribution in [0.25, 0.3) is 0 Å². The summed E-state index contributed by atoms with van der Waals surface area (Å²) in [5.74, 6) is -0.660. The summed E-state index contributed by atoms with van der Waals surface area (Å²) < 4.78 is 4.88. The van der Waals surface area contributed by atoms with Gasteiger partial charge in [0.15, 0.2) is 6.61 Å². The van der Waals surface area contributed by atoms with E-state index in [2.05, 4.69) is 10.3 Å². The van der Waals surface area contributed by atoms with Crippen molar-refractivity contribution in [3.8, 4) is 0 Å². The van der Waals surface area contributed by atoms with Gasteiger partial charge in [0.25, 0.3) is 5.91 Å². The average Bonchev–Trinajstić information content (AvgIpc) is 2.46. The molecule has 3 N–H and O–H groups in total. The molecule has 0 aliphatic rings. The molecule has 2 aromatic rings. The zero-order valence-corrected chi connectivity index (χ0v) is 10.6. The van der Waals surface area contributed by atoms with E-state index in [0.29, 0.717) is 17.1 Å². The molecule has 2 rings (SSSR count). The van der Waals surface area contributed by atoms with Crippen LogP contribution in [0, 0.1) is 0 Å². The molecule has 0 fully saturated rings. The van der Waals surface area contributed by atoms with E-state index in [1.807, 2.05) is 0 Å². The second-order valence-corrected chi connectivity index (χ2v) is 3.96. The number of rotatable bonds is 4. The molecule has 0 radical (unpaired) electrons. The molecule has 1 aromatic carbocycles. The quantitative estimate of drug-likeness (QED) is 0.648. The lowest BCUT2D eigenvalue weighted by Gasteiger charge is -2.06. The van der Waals surface area contributed by atoms with Crippen molar-refractivity contribution < 1.29 is 14.3 Å². The van der Waals surface area contributed by atoms with Crippen molar-refractivity contribution in [1.29, 1.82) is 0 Å². The van der Waals surface area contributed by atoms with Gasteiger partial charge in [-0.3, -0.25) is 4.79 Å². The second kappa shape index (κ2) is 6.33. The Morgan fingerprint density at radius 3 is 2.75 bits per heavy atom. The number of aromatic nitrogens is 1. The Kier molecular flexibility index (Phi) is 4.28. The Balaban J connectivity index is 1.86. The predicted octanol–water partition coefficient (Wildman–Crippen LogP) is 1.46. The summed E-state index contributed by atoms with van der Waals surface area (Å²) >= 11 is 0. The van der Waals surface area contributed by atoms with Crippen molar-refractivity contribution >= 4 is 23.4 Å². The van der Waals surface area contributed by atoms with Crippen LogP contribution in [0.2, 0.25) is 0 Å². The first-order valence-electron chi connectivity index (χ1n) is 5.89.